The molecule has 2 rings (SSSR count). The standard InChI is InChI=1S/C10H13N3S/c1-2-3-8-13-12-11-9-6-4-5-7-10(9)14-13/h4-7H,2-3,8H2,1H3. The first-order chi connectivity index (χ1) is 6.90. The van der Waals surface area contributed by atoms with Gasteiger partial charge in [0.1, 0.15) is 5.69 Å². The Labute approximate surface area is 88.3 Å². The van der Waals surface area contributed by atoms with Gasteiger partial charge in [-0.3, -0.25) is 0 Å². The number of nitrogens with zero attached hydrogens (tertiary/aromatic N) is 3. The van der Waals surface area contributed by atoms with Crippen LogP contribution in [0.25, 0.3) is 0 Å². The minimum atomic E-state index is 0.971. The smallest absolute Gasteiger partial charge is 0.103 e. The molecule has 0 unspecified atom stereocenters. The van der Waals surface area contributed by atoms with Crippen molar-refractivity contribution in [2.75, 3.05) is 6.54 Å². The monoisotopic (exact) mass is 207 g/mol. The third-order valence-electron chi connectivity index (χ3n) is 2.02. The lowest BCUT2D eigenvalue weighted by Crippen LogP contribution is -2.10. The molecule has 0 radical (unpaired) electrons. The van der Waals surface area contributed by atoms with E-state index in [9.17, 15) is 0 Å². The van der Waals surface area contributed by atoms with Crippen LogP contribution in [-0.2, 0) is 0 Å². The van der Waals surface area contributed by atoms with Crippen LogP contribution < -0.4 is 0 Å². The maximum Gasteiger partial charge on any atom is 0.103 e. The van der Waals surface area contributed by atoms with Crippen molar-refractivity contribution in [3.8, 4) is 0 Å². The Morgan fingerprint density at radius 1 is 1.36 bits per heavy atom. The largest absolute Gasteiger partial charge is 0.215 e. The SMILES string of the molecule is CCCCN1N=Nc2ccccc2S1. The highest BCUT2D eigenvalue weighted by Gasteiger charge is 2.12. The number of fused-ring (bicyclic) bond motifs is 1. The third kappa shape index (κ3) is 2.07. The molecule has 0 saturated carbocycles. The van der Waals surface area contributed by atoms with Crippen molar-refractivity contribution < 1.29 is 0 Å². The molecule has 0 bridgehead atoms. The Kier molecular flexibility index (Phi) is 3.03. The highest BCUT2D eigenvalue weighted by atomic mass is 32.2. The highest BCUT2D eigenvalue weighted by molar-refractivity contribution is 7.97. The molecule has 1 aliphatic rings. The van der Waals surface area contributed by atoms with Crippen molar-refractivity contribution in [3.63, 3.8) is 0 Å². The molecule has 1 heterocycles. The molecule has 74 valence electrons. The fourth-order valence-corrected chi connectivity index (χ4v) is 2.09. The van der Waals surface area contributed by atoms with Crippen molar-refractivity contribution in [1.29, 1.82) is 0 Å². The van der Waals surface area contributed by atoms with Crippen LogP contribution in [0.3, 0.4) is 0 Å². The van der Waals surface area contributed by atoms with Crippen molar-refractivity contribution >= 4 is 17.6 Å². The van der Waals surface area contributed by atoms with E-state index in [-0.39, 0.29) is 0 Å². The number of benzene rings is 1. The van der Waals surface area contributed by atoms with Crippen LogP contribution in [0.15, 0.2) is 39.5 Å². The zero-order valence-electron chi connectivity index (χ0n) is 8.18. The maximum atomic E-state index is 4.16. The van der Waals surface area contributed by atoms with E-state index in [2.05, 4.69) is 23.3 Å². The molecule has 1 aromatic rings. The summed E-state index contributed by atoms with van der Waals surface area (Å²) >= 11 is 1.67. The number of hydrogen-bond donors (Lipinski definition) is 0. The fraction of sp³-hybridized carbons (Fsp3) is 0.400. The van der Waals surface area contributed by atoms with E-state index in [4.69, 9.17) is 0 Å². The molecule has 0 spiro atoms. The Morgan fingerprint density at radius 3 is 3.07 bits per heavy atom. The Balaban J connectivity index is 2.06. The molecule has 0 aliphatic carbocycles. The molecule has 0 atom stereocenters. The van der Waals surface area contributed by atoms with Gasteiger partial charge in [0.2, 0.25) is 0 Å². The normalized spacial score (nSPS) is 14.2. The maximum absolute atomic E-state index is 4.16. The zero-order valence-corrected chi connectivity index (χ0v) is 9.00. The lowest BCUT2D eigenvalue weighted by Gasteiger charge is -2.19. The Bertz CT molecular complexity index is 338. The molecule has 0 saturated heterocycles. The van der Waals surface area contributed by atoms with E-state index in [0.717, 1.165) is 18.7 Å². The lowest BCUT2D eigenvalue weighted by atomic mass is 10.3. The van der Waals surface area contributed by atoms with Crippen LogP contribution in [0, 0.1) is 0 Å². The molecule has 1 aliphatic heterocycles. The zero-order chi connectivity index (χ0) is 9.80. The summed E-state index contributed by atoms with van der Waals surface area (Å²) in [5, 5.41) is 8.29. The molecule has 0 aromatic heterocycles. The second kappa shape index (κ2) is 4.46. The quantitative estimate of drug-likeness (QED) is 0.705. The molecule has 0 N–H and O–H groups in total. The summed E-state index contributed by atoms with van der Waals surface area (Å²) in [5.41, 5.74) is 0.977. The van der Waals surface area contributed by atoms with Gasteiger partial charge in [-0.05, 0) is 18.6 Å². The van der Waals surface area contributed by atoms with Crippen molar-refractivity contribution in [1.82, 2.24) is 4.41 Å². The van der Waals surface area contributed by atoms with E-state index in [1.54, 1.807) is 11.9 Å². The number of rotatable bonds is 3. The van der Waals surface area contributed by atoms with Crippen molar-refractivity contribution in [2.24, 2.45) is 10.3 Å². The molecule has 1 aromatic carbocycles. The lowest BCUT2D eigenvalue weighted by molar-refractivity contribution is 0.452. The van der Waals surface area contributed by atoms with Gasteiger partial charge in [0, 0.05) is 11.9 Å². The van der Waals surface area contributed by atoms with Crippen LogP contribution in [0.4, 0.5) is 5.69 Å². The van der Waals surface area contributed by atoms with Gasteiger partial charge in [0.25, 0.3) is 0 Å². The first-order valence-electron chi connectivity index (χ1n) is 4.86. The highest BCUT2D eigenvalue weighted by Crippen LogP contribution is 2.36. The average molecular weight is 207 g/mol. The average Bonchev–Trinajstić information content (AvgIpc) is 2.26. The van der Waals surface area contributed by atoms with Gasteiger partial charge in [-0.15, -0.1) is 5.11 Å². The van der Waals surface area contributed by atoms with E-state index >= 15 is 0 Å². The Morgan fingerprint density at radius 2 is 2.21 bits per heavy atom. The van der Waals surface area contributed by atoms with Gasteiger partial charge in [-0.2, -0.15) is 0 Å². The van der Waals surface area contributed by atoms with Crippen molar-refractivity contribution in [2.45, 2.75) is 24.7 Å². The summed E-state index contributed by atoms with van der Waals surface area (Å²) in [6.07, 6.45) is 2.35. The number of unbranched alkanes of at least 4 members (excludes halogenated alkanes) is 1. The minimum Gasteiger partial charge on any atom is -0.215 e. The van der Waals surface area contributed by atoms with Crippen LogP contribution in [-0.4, -0.2) is 11.0 Å². The summed E-state index contributed by atoms with van der Waals surface area (Å²) in [6.45, 7) is 3.15. The summed E-state index contributed by atoms with van der Waals surface area (Å²) in [6, 6.07) is 8.09. The van der Waals surface area contributed by atoms with Crippen LogP contribution in [0.1, 0.15) is 19.8 Å². The first-order valence-corrected chi connectivity index (χ1v) is 5.63. The van der Waals surface area contributed by atoms with Crippen LogP contribution in [0.2, 0.25) is 0 Å². The molecular weight excluding hydrogens is 194 g/mol. The fourth-order valence-electron chi connectivity index (χ4n) is 1.23. The molecule has 0 fully saturated rings. The summed E-state index contributed by atoms with van der Waals surface area (Å²) in [4.78, 5) is 1.19. The predicted molar refractivity (Wildman–Crippen MR) is 58.4 cm³/mol. The van der Waals surface area contributed by atoms with Gasteiger partial charge in [0.15, 0.2) is 0 Å². The molecule has 4 heteroatoms. The van der Waals surface area contributed by atoms with Crippen LogP contribution >= 0.6 is 11.9 Å². The predicted octanol–water partition coefficient (Wildman–Crippen LogP) is 3.81. The molecule has 14 heavy (non-hydrogen) atoms. The summed E-state index contributed by atoms with van der Waals surface area (Å²) < 4.78 is 1.95. The van der Waals surface area contributed by atoms with E-state index in [1.165, 1.54) is 11.3 Å². The summed E-state index contributed by atoms with van der Waals surface area (Å²) in [5.74, 6) is 0. The third-order valence-corrected chi connectivity index (χ3v) is 3.03. The van der Waals surface area contributed by atoms with Gasteiger partial charge in [0.05, 0.1) is 11.4 Å². The second-order valence-electron chi connectivity index (χ2n) is 3.18. The molecule has 0 amide bonds. The minimum absolute atomic E-state index is 0.971. The van der Waals surface area contributed by atoms with Gasteiger partial charge in [-0.25, -0.2) is 4.41 Å². The van der Waals surface area contributed by atoms with Gasteiger partial charge >= 0.3 is 0 Å². The second-order valence-corrected chi connectivity index (χ2v) is 4.22. The Hall–Kier alpha value is -1.03. The topological polar surface area (TPSA) is 28.0 Å². The van der Waals surface area contributed by atoms with Gasteiger partial charge < -0.3 is 0 Å². The summed E-state index contributed by atoms with van der Waals surface area (Å²) in [7, 11) is 0. The first kappa shape index (κ1) is 9.52. The van der Waals surface area contributed by atoms with Gasteiger partial charge in [-0.1, -0.05) is 30.7 Å². The number of hydrogen-bond acceptors (Lipinski definition) is 4. The van der Waals surface area contributed by atoms with E-state index < -0.39 is 0 Å². The van der Waals surface area contributed by atoms with E-state index in [1.807, 2.05) is 22.6 Å². The molecule has 3 nitrogen and oxygen atoms in total. The van der Waals surface area contributed by atoms with E-state index in [0.29, 0.717) is 0 Å². The van der Waals surface area contributed by atoms with Crippen molar-refractivity contribution in [3.05, 3.63) is 24.3 Å². The van der Waals surface area contributed by atoms with Crippen LogP contribution in [0.5, 0.6) is 0 Å². The molecular formula is C10H13N3S.